The summed E-state index contributed by atoms with van der Waals surface area (Å²) in [5.74, 6) is 1.99. The Kier molecular flexibility index (Phi) is 7.14. The molecule has 4 heteroatoms. The molecule has 0 radical (unpaired) electrons. The van der Waals surface area contributed by atoms with E-state index in [-0.39, 0.29) is 0 Å². The van der Waals surface area contributed by atoms with Crippen LogP contribution in [0.5, 0.6) is 0 Å². The van der Waals surface area contributed by atoms with Crippen LogP contribution in [0.25, 0.3) is 56.4 Å². The number of fused-ring (bicyclic) bond motifs is 3. The van der Waals surface area contributed by atoms with Crippen LogP contribution in [-0.2, 0) is 0 Å². The van der Waals surface area contributed by atoms with E-state index in [1.165, 1.54) is 31.9 Å². The lowest BCUT2D eigenvalue weighted by Gasteiger charge is -2.32. The first-order valence-electron chi connectivity index (χ1n) is 16.6. The van der Waals surface area contributed by atoms with Gasteiger partial charge in [0.1, 0.15) is 0 Å². The minimum Gasteiger partial charge on any atom is -0.208 e. The van der Waals surface area contributed by atoms with E-state index in [4.69, 9.17) is 15.0 Å². The van der Waals surface area contributed by atoms with Gasteiger partial charge >= 0.3 is 0 Å². The van der Waals surface area contributed by atoms with Gasteiger partial charge in [-0.3, -0.25) is 0 Å². The van der Waals surface area contributed by atoms with E-state index < -0.39 is 8.07 Å². The highest BCUT2D eigenvalue weighted by Crippen LogP contribution is 2.35. The van der Waals surface area contributed by atoms with Crippen molar-refractivity contribution >= 4 is 28.8 Å². The number of hydrogen-bond donors (Lipinski definition) is 0. The van der Waals surface area contributed by atoms with Gasteiger partial charge in [0.05, 0.1) is 0 Å². The van der Waals surface area contributed by atoms with Gasteiger partial charge in [-0.2, -0.15) is 0 Å². The van der Waals surface area contributed by atoms with Crippen LogP contribution in [-0.4, -0.2) is 23.0 Å². The van der Waals surface area contributed by atoms with Crippen molar-refractivity contribution in [1.82, 2.24) is 15.0 Å². The topological polar surface area (TPSA) is 38.7 Å². The van der Waals surface area contributed by atoms with Crippen LogP contribution in [0.4, 0.5) is 0 Å². The van der Waals surface area contributed by atoms with Crippen molar-refractivity contribution in [2.45, 2.75) is 0 Å². The molecule has 0 unspecified atom stereocenters. The monoisotopic (exact) mass is 641 g/mol. The Bertz CT molecular complexity index is 2390. The smallest absolute Gasteiger partial charge is 0.181 e. The Morgan fingerprint density at radius 1 is 0.286 bits per heavy atom. The Labute approximate surface area is 287 Å². The minimum atomic E-state index is -2.81. The van der Waals surface area contributed by atoms with Gasteiger partial charge in [0.25, 0.3) is 0 Å². The van der Waals surface area contributed by atoms with Gasteiger partial charge in [-0.15, -0.1) is 0 Å². The van der Waals surface area contributed by atoms with Gasteiger partial charge in [0, 0.05) is 16.7 Å². The molecule has 1 aliphatic rings. The number of nitrogens with zero attached hydrogens (tertiary/aromatic N) is 3. The van der Waals surface area contributed by atoms with E-state index in [9.17, 15) is 0 Å². The number of hydrogen-bond acceptors (Lipinski definition) is 3. The zero-order valence-corrected chi connectivity index (χ0v) is 27.7. The normalized spacial score (nSPS) is 12.7. The lowest BCUT2D eigenvalue weighted by molar-refractivity contribution is 1.08. The van der Waals surface area contributed by atoms with Crippen LogP contribution in [0.3, 0.4) is 0 Å². The van der Waals surface area contributed by atoms with Crippen molar-refractivity contribution in [2.24, 2.45) is 0 Å². The summed E-state index contributed by atoms with van der Waals surface area (Å²) in [5.41, 5.74) is 7.71. The summed E-state index contributed by atoms with van der Waals surface area (Å²) in [6, 6.07) is 66.9. The molecule has 49 heavy (non-hydrogen) atoms. The number of benzene rings is 7. The zero-order chi connectivity index (χ0) is 32.6. The molecule has 1 aliphatic heterocycles. The molecule has 0 spiro atoms. The fraction of sp³-hybridized carbons (Fsp3) is 0. The maximum atomic E-state index is 5.38. The van der Waals surface area contributed by atoms with Crippen molar-refractivity contribution in [3.8, 4) is 56.4 Å². The van der Waals surface area contributed by atoms with Crippen LogP contribution >= 0.6 is 0 Å². The molecule has 0 amide bonds. The second kappa shape index (κ2) is 12.1. The molecule has 0 saturated carbocycles. The predicted octanol–water partition coefficient (Wildman–Crippen LogP) is 7.90. The van der Waals surface area contributed by atoms with Crippen molar-refractivity contribution in [3.63, 3.8) is 0 Å². The third-order valence-electron chi connectivity index (χ3n) is 9.64. The Morgan fingerprint density at radius 3 is 1.35 bits per heavy atom. The molecule has 0 aliphatic carbocycles. The SMILES string of the molecule is c1ccc(-c2nc(-c3ccccc3-c3ccccc3)nc(-c3cccc4c3[Si](c3ccccc3)(c3ccccc3)c3ccccc3-4)n2)cc1. The maximum Gasteiger partial charge on any atom is 0.181 e. The zero-order valence-electron chi connectivity index (χ0n) is 26.7. The lowest BCUT2D eigenvalue weighted by atomic mass is 9.99. The summed E-state index contributed by atoms with van der Waals surface area (Å²) in [6.45, 7) is 0. The van der Waals surface area contributed by atoms with Crippen molar-refractivity contribution < 1.29 is 0 Å². The summed E-state index contributed by atoms with van der Waals surface area (Å²) < 4.78 is 0. The third-order valence-corrected chi connectivity index (χ3v) is 14.6. The molecular formula is C45H31N3Si. The van der Waals surface area contributed by atoms with Crippen LogP contribution in [0.2, 0.25) is 0 Å². The first-order chi connectivity index (χ1) is 24.3. The summed E-state index contributed by atoms with van der Waals surface area (Å²) in [4.78, 5) is 15.8. The molecule has 0 saturated heterocycles. The molecule has 0 atom stereocenters. The maximum absolute atomic E-state index is 5.38. The largest absolute Gasteiger partial charge is 0.208 e. The second-order valence-electron chi connectivity index (χ2n) is 12.3. The Balaban J connectivity index is 1.37. The van der Waals surface area contributed by atoms with Gasteiger partial charge in [-0.25, -0.2) is 15.0 Å². The van der Waals surface area contributed by atoms with Crippen molar-refractivity contribution in [3.05, 3.63) is 188 Å². The predicted molar refractivity (Wildman–Crippen MR) is 204 cm³/mol. The first kappa shape index (κ1) is 28.9. The van der Waals surface area contributed by atoms with Crippen LogP contribution in [0.15, 0.2) is 188 Å². The minimum absolute atomic E-state index is 0.656. The van der Waals surface area contributed by atoms with Gasteiger partial charge in [-0.1, -0.05) is 188 Å². The molecule has 0 bridgehead atoms. The van der Waals surface area contributed by atoms with E-state index >= 15 is 0 Å². The highest BCUT2D eigenvalue weighted by atomic mass is 28.3. The highest BCUT2D eigenvalue weighted by molar-refractivity contribution is 7.22. The lowest BCUT2D eigenvalue weighted by Crippen LogP contribution is -2.73. The molecule has 1 aromatic heterocycles. The molecule has 9 rings (SSSR count). The molecule has 8 aromatic rings. The van der Waals surface area contributed by atoms with Crippen molar-refractivity contribution in [1.29, 1.82) is 0 Å². The molecule has 3 nitrogen and oxygen atoms in total. The van der Waals surface area contributed by atoms with Crippen LogP contribution < -0.4 is 20.7 Å². The Hall–Kier alpha value is -6.23. The second-order valence-corrected chi connectivity index (χ2v) is 16.0. The van der Waals surface area contributed by atoms with Gasteiger partial charge in [0.15, 0.2) is 25.5 Å². The number of rotatable bonds is 6. The standard InChI is InChI=1S/C45H31N3Si/c1-5-18-32(19-6-1)36-26-13-14-28-39(36)44-46-43(33-20-7-2-8-21-33)47-45(48-44)40-30-17-29-38-37-27-15-16-31-41(37)49(42(38)40,34-22-9-3-10-23-34)35-24-11-4-12-25-35/h1-31H. The summed E-state index contributed by atoms with van der Waals surface area (Å²) in [7, 11) is -2.81. The molecule has 0 fully saturated rings. The average molecular weight is 642 g/mol. The van der Waals surface area contributed by atoms with Gasteiger partial charge in [0.2, 0.25) is 0 Å². The third kappa shape index (κ3) is 4.76. The number of aromatic nitrogens is 3. The highest BCUT2D eigenvalue weighted by Gasteiger charge is 2.50. The van der Waals surface area contributed by atoms with E-state index in [2.05, 4.69) is 164 Å². The fourth-order valence-corrected chi connectivity index (χ4v) is 12.9. The molecule has 2 heterocycles. The van der Waals surface area contributed by atoms with E-state index in [1.807, 2.05) is 24.3 Å². The van der Waals surface area contributed by atoms with Gasteiger partial charge < -0.3 is 0 Å². The van der Waals surface area contributed by atoms with E-state index in [0.717, 1.165) is 27.8 Å². The molecular weight excluding hydrogens is 611 g/mol. The average Bonchev–Trinajstić information content (AvgIpc) is 3.50. The summed E-state index contributed by atoms with van der Waals surface area (Å²) >= 11 is 0. The van der Waals surface area contributed by atoms with Crippen LogP contribution in [0, 0.1) is 0 Å². The first-order valence-corrected chi connectivity index (χ1v) is 18.6. The summed E-state index contributed by atoms with van der Waals surface area (Å²) in [6.07, 6.45) is 0. The van der Waals surface area contributed by atoms with Crippen molar-refractivity contribution in [2.75, 3.05) is 0 Å². The molecule has 0 N–H and O–H groups in total. The van der Waals surface area contributed by atoms with Gasteiger partial charge in [-0.05, 0) is 43.0 Å². The Morgan fingerprint density at radius 2 is 0.714 bits per heavy atom. The van der Waals surface area contributed by atoms with E-state index in [1.54, 1.807) is 0 Å². The molecule has 7 aromatic carbocycles. The van der Waals surface area contributed by atoms with E-state index in [0.29, 0.717) is 17.5 Å². The summed E-state index contributed by atoms with van der Waals surface area (Å²) in [5, 5.41) is 5.39. The molecule has 230 valence electrons. The fourth-order valence-electron chi connectivity index (χ4n) is 7.57. The quantitative estimate of drug-likeness (QED) is 0.173. The van der Waals surface area contributed by atoms with Crippen LogP contribution in [0.1, 0.15) is 0 Å².